The van der Waals surface area contributed by atoms with E-state index >= 15 is 0 Å². The van der Waals surface area contributed by atoms with E-state index in [2.05, 4.69) is 0 Å². The van der Waals surface area contributed by atoms with Crippen LogP contribution in [0.4, 0.5) is 18.9 Å². The van der Waals surface area contributed by atoms with Crippen molar-refractivity contribution < 1.29 is 26.4 Å². The highest BCUT2D eigenvalue weighted by atomic mass is 32.2. The summed E-state index contributed by atoms with van der Waals surface area (Å²) in [7, 11) is -3.34. The molecule has 1 aromatic carbocycles. The molecule has 1 aliphatic rings. The molecule has 1 aliphatic heterocycles. The number of sulfonamides is 1. The monoisotopic (exact) mass is 378 g/mol. The quantitative estimate of drug-likeness (QED) is 0.765. The van der Waals surface area contributed by atoms with Gasteiger partial charge in [-0.25, -0.2) is 8.42 Å². The summed E-state index contributed by atoms with van der Waals surface area (Å²) in [6.45, 7) is 0.930. The lowest BCUT2D eigenvalue weighted by Gasteiger charge is -2.24. The molecule has 9 heteroatoms. The van der Waals surface area contributed by atoms with Crippen molar-refractivity contribution in [1.29, 1.82) is 0 Å². The first-order valence-electron chi connectivity index (χ1n) is 8.10. The fourth-order valence-electron chi connectivity index (χ4n) is 2.70. The third-order valence-corrected chi connectivity index (χ3v) is 5.81. The molecular weight excluding hydrogens is 357 g/mol. The zero-order valence-corrected chi connectivity index (χ0v) is 14.7. The van der Waals surface area contributed by atoms with Gasteiger partial charge in [-0.3, -0.25) is 9.10 Å². The summed E-state index contributed by atoms with van der Waals surface area (Å²) in [6, 6.07) is 5.67. The van der Waals surface area contributed by atoms with E-state index in [9.17, 15) is 26.4 Å². The molecule has 5 nitrogen and oxygen atoms in total. The normalized spacial score (nSPS) is 16.9. The van der Waals surface area contributed by atoms with Crippen LogP contribution in [0.3, 0.4) is 0 Å². The van der Waals surface area contributed by atoms with Gasteiger partial charge in [0.2, 0.25) is 10.0 Å². The van der Waals surface area contributed by atoms with Gasteiger partial charge in [0.1, 0.15) is 6.54 Å². The van der Waals surface area contributed by atoms with Crippen LogP contribution in [0.5, 0.6) is 0 Å². The van der Waals surface area contributed by atoms with E-state index in [4.69, 9.17) is 0 Å². The van der Waals surface area contributed by atoms with E-state index < -0.39 is 28.7 Å². The van der Waals surface area contributed by atoms with Crippen LogP contribution in [0.15, 0.2) is 24.3 Å². The number of carbonyl (C=O) groups excluding carboxylic acids is 1. The van der Waals surface area contributed by atoms with Gasteiger partial charge >= 0.3 is 6.18 Å². The Morgan fingerprint density at radius 1 is 1.24 bits per heavy atom. The topological polar surface area (TPSA) is 57.7 Å². The zero-order chi connectivity index (χ0) is 18.7. The van der Waals surface area contributed by atoms with Crippen LogP contribution >= 0.6 is 0 Å². The molecule has 0 radical (unpaired) electrons. The number of nitrogens with zero attached hydrogens (tertiary/aromatic N) is 2. The van der Waals surface area contributed by atoms with Crippen molar-refractivity contribution in [3.8, 4) is 0 Å². The first-order chi connectivity index (χ1) is 11.6. The average Bonchev–Trinajstić information content (AvgIpc) is 2.89. The van der Waals surface area contributed by atoms with Gasteiger partial charge in [0.15, 0.2) is 0 Å². The lowest BCUT2D eigenvalue weighted by molar-refractivity contribution is -0.140. The van der Waals surface area contributed by atoms with E-state index in [1.165, 1.54) is 28.6 Å². The molecule has 0 unspecified atom stereocenters. The molecule has 2 rings (SSSR count). The van der Waals surface area contributed by atoms with Gasteiger partial charge in [0.25, 0.3) is 5.91 Å². The Balaban J connectivity index is 2.17. The minimum Gasteiger partial charge on any atom is -0.330 e. The van der Waals surface area contributed by atoms with E-state index in [0.29, 0.717) is 31.5 Å². The summed E-state index contributed by atoms with van der Waals surface area (Å²) in [4.78, 5) is 13.2. The van der Waals surface area contributed by atoms with E-state index in [1.54, 1.807) is 0 Å². The molecule has 1 heterocycles. The third-order valence-electron chi connectivity index (χ3n) is 3.94. The largest absolute Gasteiger partial charge is 0.406 e. The summed E-state index contributed by atoms with van der Waals surface area (Å²) in [5.74, 6) is -0.633. The Kier molecular flexibility index (Phi) is 5.97. The molecule has 25 heavy (non-hydrogen) atoms. The number of hydrogen-bond acceptors (Lipinski definition) is 3. The summed E-state index contributed by atoms with van der Waals surface area (Å²) >= 11 is 0. The average molecular weight is 378 g/mol. The molecule has 0 aromatic heterocycles. The first-order valence-corrected chi connectivity index (χ1v) is 9.71. The highest BCUT2D eigenvalue weighted by Crippen LogP contribution is 2.25. The summed E-state index contributed by atoms with van der Waals surface area (Å²) in [6.07, 6.45) is -2.79. The number of halogens is 3. The number of alkyl halides is 3. The highest BCUT2D eigenvalue weighted by molar-refractivity contribution is 7.93. The molecule has 140 valence electrons. The fraction of sp³-hybridized carbons (Fsp3) is 0.562. The van der Waals surface area contributed by atoms with Gasteiger partial charge in [0.05, 0.1) is 11.4 Å². The number of amides is 1. The van der Waals surface area contributed by atoms with Crippen molar-refractivity contribution in [2.24, 2.45) is 0 Å². The van der Waals surface area contributed by atoms with Crippen LogP contribution in [0, 0.1) is 0 Å². The Morgan fingerprint density at radius 3 is 2.36 bits per heavy atom. The number of benzene rings is 1. The Labute approximate surface area is 145 Å². The van der Waals surface area contributed by atoms with Gasteiger partial charge in [-0.05, 0) is 37.1 Å². The second-order valence-corrected chi connectivity index (χ2v) is 8.00. The van der Waals surface area contributed by atoms with E-state index in [0.717, 1.165) is 4.90 Å². The Hall–Kier alpha value is -1.77. The predicted octanol–water partition coefficient (Wildman–Crippen LogP) is 3.03. The fourth-order valence-corrected chi connectivity index (χ4v) is 4.26. The van der Waals surface area contributed by atoms with Crippen LogP contribution in [-0.2, 0) is 10.0 Å². The second kappa shape index (κ2) is 7.63. The van der Waals surface area contributed by atoms with Crippen molar-refractivity contribution in [2.45, 2.75) is 32.4 Å². The Bertz CT molecular complexity index is 702. The van der Waals surface area contributed by atoms with Crippen LogP contribution in [0.1, 0.15) is 36.5 Å². The lowest BCUT2D eigenvalue weighted by Crippen LogP contribution is -2.39. The minimum absolute atomic E-state index is 0.0249. The number of carbonyl (C=O) groups is 1. The van der Waals surface area contributed by atoms with Crippen molar-refractivity contribution in [3.63, 3.8) is 0 Å². The van der Waals surface area contributed by atoms with Crippen molar-refractivity contribution in [3.05, 3.63) is 29.8 Å². The molecular formula is C16H21F3N2O3S. The first kappa shape index (κ1) is 19.6. The zero-order valence-electron chi connectivity index (χ0n) is 13.9. The molecule has 1 amide bonds. The van der Waals surface area contributed by atoms with Gasteiger partial charge in [0, 0.05) is 18.7 Å². The maximum Gasteiger partial charge on any atom is 0.406 e. The lowest BCUT2D eigenvalue weighted by atomic mass is 10.1. The maximum atomic E-state index is 12.7. The molecule has 0 bridgehead atoms. The Morgan fingerprint density at radius 2 is 1.88 bits per heavy atom. The summed E-state index contributed by atoms with van der Waals surface area (Å²) in [5, 5.41) is 0. The van der Waals surface area contributed by atoms with Gasteiger partial charge in [-0.1, -0.05) is 13.3 Å². The van der Waals surface area contributed by atoms with Crippen LogP contribution in [0.25, 0.3) is 0 Å². The molecule has 0 aliphatic carbocycles. The standard InChI is InChI=1S/C16H21F3N2O3S/c1-2-3-9-20(12-16(17,18)19)15(22)13-5-7-14(8-6-13)21-10-4-11-25(21,23)24/h5-8H,2-4,9-12H2,1H3. The molecule has 1 aromatic rings. The van der Waals surface area contributed by atoms with Crippen molar-refractivity contribution in [1.82, 2.24) is 4.90 Å². The number of hydrogen-bond donors (Lipinski definition) is 0. The van der Waals surface area contributed by atoms with Gasteiger partial charge in [-0.2, -0.15) is 13.2 Å². The van der Waals surface area contributed by atoms with Crippen molar-refractivity contribution >= 4 is 21.6 Å². The van der Waals surface area contributed by atoms with Crippen LogP contribution in [-0.4, -0.2) is 50.8 Å². The molecule has 1 saturated heterocycles. The van der Waals surface area contributed by atoms with Crippen LogP contribution in [0.2, 0.25) is 0 Å². The van der Waals surface area contributed by atoms with E-state index in [-0.39, 0.29) is 17.9 Å². The maximum absolute atomic E-state index is 12.7. The van der Waals surface area contributed by atoms with E-state index in [1.807, 2.05) is 6.92 Å². The van der Waals surface area contributed by atoms with Crippen molar-refractivity contribution in [2.75, 3.05) is 29.7 Å². The molecule has 1 fully saturated rings. The molecule has 0 saturated carbocycles. The second-order valence-electron chi connectivity index (χ2n) is 5.98. The molecule has 0 atom stereocenters. The SMILES string of the molecule is CCCCN(CC(F)(F)F)C(=O)c1ccc(N2CCCS2(=O)=O)cc1. The molecule has 0 spiro atoms. The number of anilines is 1. The minimum atomic E-state index is -4.47. The summed E-state index contributed by atoms with van der Waals surface area (Å²) in [5.41, 5.74) is 0.533. The molecule has 0 N–H and O–H groups in total. The summed E-state index contributed by atoms with van der Waals surface area (Å²) < 4.78 is 63.1. The van der Waals surface area contributed by atoms with Crippen LogP contribution < -0.4 is 4.31 Å². The smallest absolute Gasteiger partial charge is 0.330 e. The highest BCUT2D eigenvalue weighted by Gasteiger charge is 2.33. The predicted molar refractivity (Wildman–Crippen MR) is 89.1 cm³/mol. The number of unbranched alkanes of at least 4 members (excludes halogenated alkanes) is 1. The third kappa shape index (κ3) is 5.10. The van der Waals surface area contributed by atoms with Gasteiger partial charge < -0.3 is 4.90 Å². The van der Waals surface area contributed by atoms with Gasteiger partial charge in [-0.15, -0.1) is 0 Å². The number of rotatable bonds is 6.